The number of hydrogen-bond donors (Lipinski definition) is 1. The molecule has 1 N–H and O–H groups in total. The molecule has 0 saturated carbocycles. The van der Waals surface area contributed by atoms with Crippen LogP contribution in [-0.4, -0.2) is 61.8 Å². The average Bonchev–Trinajstić information content (AvgIpc) is 2.59. The molecule has 0 radical (unpaired) electrons. The molecule has 2 aromatic rings. The zero-order valence-electron chi connectivity index (χ0n) is 16.3. The Balaban J connectivity index is 2.03. The van der Waals surface area contributed by atoms with Gasteiger partial charge in [0.2, 0.25) is 0 Å². The van der Waals surface area contributed by atoms with E-state index in [-0.39, 0.29) is 11.8 Å². The second-order valence-electron chi connectivity index (χ2n) is 7.66. The van der Waals surface area contributed by atoms with Gasteiger partial charge < -0.3 is 5.11 Å². The standard InChI is InChI=1S/C21H28N2O3S/c1-15-13-23(14-16(2)22(15)3)21(18-6-5-7-19(24)12-18)17-8-10-20(11-9-17)27(4,25)26/h5-12,15-16,21,24H,13-14H2,1-4H3. The number of nitrogens with zero attached hydrogens (tertiary/aromatic N) is 2. The molecule has 146 valence electrons. The van der Waals surface area contributed by atoms with Gasteiger partial charge in [-0.3, -0.25) is 9.80 Å². The summed E-state index contributed by atoms with van der Waals surface area (Å²) in [5.41, 5.74) is 2.03. The Morgan fingerprint density at radius 2 is 1.59 bits per heavy atom. The molecular weight excluding hydrogens is 360 g/mol. The third-order valence-electron chi connectivity index (χ3n) is 5.56. The largest absolute Gasteiger partial charge is 0.508 e. The van der Waals surface area contributed by atoms with E-state index in [0.717, 1.165) is 24.2 Å². The zero-order chi connectivity index (χ0) is 19.8. The summed E-state index contributed by atoms with van der Waals surface area (Å²) in [6.45, 7) is 6.23. The minimum Gasteiger partial charge on any atom is -0.508 e. The molecule has 3 unspecified atom stereocenters. The molecule has 6 heteroatoms. The van der Waals surface area contributed by atoms with Gasteiger partial charge in [0, 0.05) is 31.4 Å². The number of sulfone groups is 1. The number of benzene rings is 2. The van der Waals surface area contributed by atoms with Gasteiger partial charge in [-0.2, -0.15) is 0 Å². The summed E-state index contributed by atoms with van der Waals surface area (Å²) in [4.78, 5) is 5.11. The normalized spacial score (nSPS) is 23.3. The molecule has 0 aromatic heterocycles. The van der Waals surface area contributed by atoms with Crippen LogP contribution in [0.2, 0.25) is 0 Å². The van der Waals surface area contributed by atoms with Gasteiger partial charge in [-0.05, 0) is 56.3 Å². The summed E-state index contributed by atoms with van der Waals surface area (Å²) in [5, 5.41) is 10.00. The summed E-state index contributed by atoms with van der Waals surface area (Å²) in [5.74, 6) is 0.237. The van der Waals surface area contributed by atoms with E-state index < -0.39 is 9.84 Å². The molecule has 0 aliphatic carbocycles. The molecule has 3 rings (SSSR count). The van der Waals surface area contributed by atoms with Crippen molar-refractivity contribution in [2.45, 2.75) is 36.9 Å². The first-order valence-corrected chi connectivity index (χ1v) is 11.1. The third kappa shape index (κ3) is 4.34. The Morgan fingerprint density at radius 1 is 1.00 bits per heavy atom. The molecule has 2 aromatic carbocycles. The topological polar surface area (TPSA) is 60.9 Å². The maximum Gasteiger partial charge on any atom is 0.175 e. The SMILES string of the molecule is CC1CN(C(c2ccc(S(C)(=O)=O)cc2)c2cccc(O)c2)CC(C)N1C. The van der Waals surface area contributed by atoms with Crippen molar-refractivity contribution in [3.05, 3.63) is 59.7 Å². The van der Waals surface area contributed by atoms with Crippen molar-refractivity contribution in [2.75, 3.05) is 26.4 Å². The lowest BCUT2D eigenvalue weighted by Gasteiger charge is -2.46. The molecule has 3 atom stereocenters. The maximum absolute atomic E-state index is 11.8. The predicted molar refractivity (Wildman–Crippen MR) is 108 cm³/mol. The molecule has 5 nitrogen and oxygen atoms in total. The summed E-state index contributed by atoms with van der Waals surface area (Å²) in [6.07, 6.45) is 1.22. The lowest BCUT2D eigenvalue weighted by Crippen LogP contribution is -2.55. The fraction of sp³-hybridized carbons (Fsp3) is 0.429. The summed E-state index contributed by atoms with van der Waals surface area (Å²) in [7, 11) is -1.08. The van der Waals surface area contributed by atoms with E-state index in [1.165, 1.54) is 6.26 Å². The lowest BCUT2D eigenvalue weighted by atomic mass is 9.94. The van der Waals surface area contributed by atoms with E-state index >= 15 is 0 Å². The van der Waals surface area contributed by atoms with Crippen LogP contribution in [0.25, 0.3) is 0 Å². The van der Waals surface area contributed by atoms with E-state index in [1.807, 2.05) is 24.3 Å². The van der Waals surface area contributed by atoms with Crippen LogP contribution in [0, 0.1) is 0 Å². The van der Waals surface area contributed by atoms with Crippen LogP contribution in [0.1, 0.15) is 31.0 Å². The van der Waals surface area contributed by atoms with Crippen molar-refractivity contribution < 1.29 is 13.5 Å². The van der Waals surface area contributed by atoms with Crippen molar-refractivity contribution >= 4 is 9.84 Å². The molecule has 1 aliphatic heterocycles. The van der Waals surface area contributed by atoms with Gasteiger partial charge in [-0.25, -0.2) is 8.42 Å². The van der Waals surface area contributed by atoms with Crippen LogP contribution in [0.15, 0.2) is 53.4 Å². The Kier molecular flexibility index (Phi) is 5.60. The number of aromatic hydroxyl groups is 1. The Hall–Kier alpha value is -1.89. The highest BCUT2D eigenvalue weighted by atomic mass is 32.2. The zero-order valence-corrected chi connectivity index (χ0v) is 17.1. The van der Waals surface area contributed by atoms with Gasteiger partial charge in [0.1, 0.15) is 5.75 Å². The molecule has 27 heavy (non-hydrogen) atoms. The molecular formula is C21H28N2O3S. The number of hydrogen-bond acceptors (Lipinski definition) is 5. The number of rotatable bonds is 4. The summed E-state index contributed by atoms with van der Waals surface area (Å²) in [6, 6.07) is 15.2. The maximum atomic E-state index is 11.8. The van der Waals surface area contributed by atoms with Crippen molar-refractivity contribution in [1.82, 2.24) is 9.80 Å². The van der Waals surface area contributed by atoms with E-state index in [9.17, 15) is 13.5 Å². The van der Waals surface area contributed by atoms with Crippen LogP contribution in [-0.2, 0) is 9.84 Å². The molecule has 0 spiro atoms. The Bertz CT molecular complexity index is 884. The quantitative estimate of drug-likeness (QED) is 0.873. The molecule has 0 amide bonds. The van der Waals surface area contributed by atoms with Gasteiger partial charge in [0.15, 0.2) is 9.84 Å². The number of piperazine rings is 1. The predicted octanol–water partition coefficient (Wildman–Crippen LogP) is 2.91. The fourth-order valence-corrected chi connectivity index (χ4v) is 4.49. The first-order valence-electron chi connectivity index (χ1n) is 9.21. The van der Waals surface area contributed by atoms with Gasteiger partial charge in [-0.15, -0.1) is 0 Å². The highest BCUT2D eigenvalue weighted by Gasteiger charge is 2.32. The third-order valence-corrected chi connectivity index (χ3v) is 6.69. The van der Waals surface area contributed by atoms with Gasteiger partial charge >= 0.3 is 0 Å². The highest BCUT2D eigenvalue weighted by Crippen LogP contribution is 2.33. The summed E-state index contributed by atoms with van der Waals surface area (Å²) < 4.78 is 23.6. The van der Waals surface area contributed by atoms with Crippen molar-refractivity contribution in [2.24, 2.45) is 0 Å². The highest BCUT2D eigenvalue weighted by molar-refractivity contribution is 7.90. The lowest BCUT2D eigenvalue weighted by molar-refractivity contribution is 0.0427. The van der Waals surface area contributed by atoms with Crippen molar-refractivity contribution in [3.63, 3.8) is 0 Å². The smallest absolute Gasteiger partial charge is 0.175 e. The van der Waals surface area contributed by atoms with Crippen LogP contribution in [0.5, 0.6) is 5.75 Å². The minimum atomic E-state index is -3.23. The first-order chi connectivity index (χ1) is 12.7. The van der Waals surface area contributed by atoms with E-state index in [2.05, 4.69) is 30.7 Å². The van der Waals surface area contributed by atoms with E-state index in [1.54, 1.807) is 24.3 Å². The van der Waals surface area contributed by atoms with Crippen molar-refractivity contribution in [1.29, 1.82) is 0 Å². The van der Waals surface area contributed by atoms with Crippen molar-refractivity contribution in [3.8, 4) is 5.75 Å². The number of likely N-dealkylation sites (N-methyl/N-ethyl adjacent to an activating group) is 1. The molecule has 0 bridgehead atoms. The summed E-state index contributed by atoms with van der Waals surface area (Å²) >= 11 is 0. The van der Waals surface area contributed by atoms with Gasteiger partial charge in [-0.1, -0.05) is 24.3 Å². The van der Waals surface area contributed by atoms with E-state index in [0.29, 0.717) is 17.0 Å². The molecule has 1 aliphatic rings. The van der Waals surface area contributed by atoms with Crippen LogP contribution in [0.3, 0.4) is 0 Å². The minimum absolute atomic E-state index is 0.0377. The van der Waals surface area contributed by atoms with Crippen LogP contribution >= 0.6 is 0 Å². The van der Waals surface area contributed by atoms with Gasteiger partial charge in [0.25, 0.3) is 0 Å². The molecule has 1 heterocycles. The second kappa shape index (κ2) is 7.62. The average molecular weight is 389 g/mol. The second-order valence-corrected chi connectivity index (χ2v) is 9.67. The molecule has 1 fully saturated rings. The van der Waals surface area contributed by atoms with E-state index in [4.69, 9.17) is 0 Å². The van der Waals surface area contributed by atoms with Crippen LogP contribution in [0.4, 0.5) is 0 Å². The Labute approximate surface area is 162 Å². The molecule has 1 saturated heterocycles. The Morgan fingerprint density at radius 3 is 2.11 bits per heavy atom. The first kappa shape index (κ1) is 19.9. The number of phenols is 1. The monoisotopic (exact) mass is 388 g/mol. The van der Waals surface area contributed by atoms with Crippen LogP contribution < -0.4 is 0 Å². The fourth-order valence-electron chi connectivity index (χ4n) is 3.86. The van der Waals surface area contributed by atoms with Gasteiger partial charge in [0.05, 0.1) is 10.9 Å². The number of phenolic OH excluding ortho intramolecular Hbond substituents is 1.